The van der Waals surface area contributed by atoms with E-state index in [4.69, 9.17) is 11.6 Å². The van der Waals surface area contributed by atoms with Crippen LogP contribution < -0.4 is 5.32 Å². The molecule has 0 radical (unpaired) electrons. The average molecular weight is 319 g/mol. The Morgan fingerprint density at radius 2 is 2.24 bits per heavy atom. The van der Waals surface area contributed by atoms with Gasteiger partial charge in [0.05, 0.1) is 0 Å². The van der Waals surface area contributed by atoms with Gasteiger partial charge in [-0.1, -0.05) is 34.5 Å². The van der Waals surface area contributed by atoms with Crippen molar-refractivity contribution in [2.75, 3.05) is 5.33 Å². The molecule has 17 heavy (non-hydrogen) atoms. The molecule has 4 heteroatoms. The van der Waals surface area contributed by atoms with Gasteiger partial charge in [0.15, 0.2) is 0 Å². The number of carbonyl (C=O) groups excluding carboxylic acids is 1. The fraction of sp³-hybridized carbons (Fsp3) is 0.462. The zero-order valence-electron chi connectivity index (χ0n) is 10.1. The lowest BCUT2D eigenvalue weighted by atomic mass is 10.1. The lowest BCUT2D eigenvalue weighted by Crippen LogP contribution is -2.35. The Kier molecular flexibility index (Phi) is 6.00. The molecule has 2 nitrogen and oxygen atoms in total. The summed E-state index contributed by atoms with van der Waals surface area (Å²) >= 11 is 9.26. The number of hydrogen-bond donors (Lipinski definition) is 1. The number of alkyl halides is 1. The Bertz CT molecular complexity index is 395. The van der Waals surface area contributed by atoms with Crippen molar-refractivity contribution in [1.29, 1.82) is 0 Å². The lowest BCUT2D eigenvalue weighted by Gasteiger charge is -2.16. The van der Waals surface area contributed by atoms with E-state index in [-0.39, 0.29) is 11.9 Å². The largest absolute Gasteiger partial charge is 0.349 e. The molecule has 1 amide bonds. The number of nitrogens with one attached hydrogen (secondary N) is 1. The summed E-state index contributed by atoms with van der Waals surface area (Å²) in [5.41, 5.74) is 1.60. The second kappa shape index (κ2) is 7.02. The summed E-state index contributed by atoms with van der Waals surface area (Å²) in [5.74, 6) is -0.0213. The highest BCUT2D eigenvalue weighted by molar-refractivity contribution is 9.09. The van der Waals surface area contributed by atoms with Crippen molar-refractivity contribution in [3.8, 4) is 0 Å². The van der Waals surface area contributed by atoms with Gasteiger partial charge in [0.25, 0.3) is 5.91 Å². The van der Waals surface area contributed by atoms with Crippen LogP contribution >= 0.6 is 27.5 Å². The smallest absolute Gasteiger partial charge is 0.251 e. The van der Waals surface area contributed by atoms with Crippen LogP contribution in [-0.2, 0) is 0 Å². The Morgan fingerprint density at radius 1 is 1.53 bits per heavy atom. The van der Waals surface area contributed by atoms with Crippen molar-refractivity contribution in [1.82, 2.24) is 5.32 Å². The standard InChI is InChI=1S/C13H17BrClNO/c1-3-11(6-7-14)16-13(17)12-5-4-10(15)8-9(12)2/h4-5,8,11H,3,6-7H2,1-2H3,(H,16,17). The van der Waals surface area contributed by atoms with E-state index in [0.29, 0.717) is 10.6 Å². The molecule has 1 N–H and O–H groups in total. The van der Waals surface area contributed by atoms with Crippen molar-refractivity contribution in [2.24, 2.45) is 0 Å². The van der Waals surface area contributed by atoms with E-state index in [1.807, 2.05) is 13.0 Å². The number of halogens is 2. The molecule has 0 heterocycles. The van der Waals surface area contributed by atoms with Crippen LogP contribution in [0.15, 0.2) is 18.2 Å². The summed E-state index contributed by atoms with van der Waals surface area (Å²) in [5, 5.41) is 4.59. The van der Waals surface area contributed by atoms with Crippen LogP contribution in [0, 0.1) is 6.92 Å². The Hall–Kier alpha value is -0.540. The molecule has 0 fully saturated rings. The minimum Gasteiger partial charge on any atom is -0.349 e. The monoisotopic (exact) mass is 317 g/mol. The molecule has 0 bridgehead atoms. The predicted molar refractivity (Wildman–Crippen MR) is 76.1 cm³/mol. The number of benzene rings is 1. The van der Waals surface area contributed by atoms with Gasteiger partial charge in [0, 0.05) is 22.0 Å². The molecular formula is C13H17BrClNO. The first-order chi connectivity index (χ1) is 8.08. The molecule has 0 aliphatic heterocycles. The van der Waals surface area contributed by atoms with E-state index in [2.05, 4.69) is 28.2 Å². The molecular weight excluding hydrogens is 302 g/mol. The van der Waals surface area contributed by atoms with E-state index in [0.717, 1.165) is 23.7 Å². The number of carbonyl (C=O) groups is 1. The summed E-state index contributed by atoms with van der Waals surface area (Å²) in [6.45, 7) is 3.97. The maximum Gasteiger partial charge on any atom is 0.251 e. The summed E-state index contributed by atoms with van der Waals surface area (Å²) in [7, 11) is 0. The van der Waals surface area contributed by atoms with Gasteiger partial charge in [-0.05, 0) is 43.5 Å². The van der Waals surface area contributed by atoms with Crippen molar-refractivity contribution in [3.63, 3.8) is 0 Å². The van der Waals surface area contributed by atoms with E-state index < -0.39 is 0 Å². The lowest BCUT2D eigenvalue weighted by molar-refractivity contribution is 0.0934. The molecule has 0 saturated heterocycles. The second-order valence-electron chi connectivity index (χ2n) is 4.02. The van der Waals surface area contributed by atoms with Gasteiger partial charge in [-0.2, -0.15) is 0 Å². The topological polar surface area (TPSA) is 29.1 Å². The summed E-state index contributed by atoms with van der Waals surface area (Å²) in [6.07, 6.45) is 1.87. The summed E-state index contributed by atoms with van der Waals surface area (Å²) in [6, 6.07) is 5.54. The highest BCUT2D eigenvalue weighted by atomic mass is 79.9. The molecule has 0 aliphatic carbocycles. The summed E-state index contributed by atoms with van der Waals surface area (Å²) in [4.78, 5) is 12.1. The van der Waals surface area contributed by atoms with Gasteiger partial charge in [-0.25, -0.2) is 0 Å². The van der Waals surface area contributed by atoms with Crippen molar-refractivity contribution in [2.45, 2.75) is 32.7 Å². The van der Waals surface area contributed by atoms with Gasteiger partial charge in [-0.3, -0.25) is 4.79 Å². The average Bonchev–Trinajstić information content (AvgIpc) is 2.28. The van der Waals surface area contributed by atoms with Crippen molar-refractivity contribution < 1.29 is 4.79 Å². The van der Waals surface area contributed by atoms with Crippen LogP contribution in [0.1, 0.15) is 35.7 Å². The molecule has 1 atom stereocenters. The maximum atomic E-state index is 12.1. The van der Waals surface area contributed by atoms with Crippen LogP contribution in [0.4, 0.5) is 0 Å². The maximum absolute atomic E-state index is 12.1. The van der Waals surface area contributed by atoms with Gasteiger partial charge >= 0.3 is 0 Å². The zero-order valence-corrected chi connectivity index (χ0v) is 12.4. The third-order valence-electron chi connectivity index (χ3n) is 2.72. The van der Waals surface area contributed by atoms with Gasteiger partial charge in [-0.15, -0.1) is 0 Å². The normalized spacial score (nSPS) is 12.2. The van der Waals surface area contributed by atoms with Crippen molar-refractivity contribution >= 4 is 33.4 Å². The van der Waals surface area contributed by atoms with E-state index in [1.54, 1.807) is 12.1 Å². The second-order valence-corrected chi connectivity index (χ2v) is 5.24. The first-order valence-electron chi connectivity index (χ1n) is 5.71. The highest BCUT2D eigenvalue weighted by Crippen LogP contribution is 2.15. The van der Waals surface area contributed by atoms with Crippen LogP contribution in [0.2, 0.25) is 5.02 Å². The molecule has 0 saturated carbocycles. The Balaban J connectivity index is 2.75. The SMILES string of the molecule is CCC(CCBr)NC(=O)c1ccc(Cl)cc1C. The number of hydrogen-bond acceptors (Lipinski definition) is 1. The van der Waals surface area contributed by atoms with E-state index in [1.165, 1.54) is 0 Å². The van der Waals surface area contributed by atoms with Gasteiger partial charge < -0.3 is 5.32 Å². The molecule has 0 aliphatic rings. The molecule has 0 spiro atoms. The van der Waals surface area contributed by atoms with Crippen LogP contribution in [0.3, 0.4) is 0 Å². The molecule has 0 aromatic heterocycles. The number of amides is 1. The zero-order chi connectivity index (χ0) is 12.8. The van der Waals surface area contributed by atoms with Gasteiger partial charge in [0.2, 0.25) is 0 Å². The van der Waals surface area contributed by atoms with Crippen LogP contribution in [0.5, 0.6) is 0 Å². The summed E-state index contributed by atoms with van der Waals surface area (Å²) < 4.78 is 0. The van der Waals surface area contributed by atoms with Crippen LogP contribution in [0.25, 0.3) is 0 Å². The first-order valence-corrected chi connectivity index (χ1v) is 7.21. The number of rotatable bonds is 5. The third kappa shape index (κ3) is 4.32. The minimum absolute atomic E-state index is 0.0213. The molecule has 1 rings (SSSR count). The molecule has 1 aromatic rings. The first kappa shape index (κ1) is 14.5. The Morgan fingerprint density at radius 3 is 2.76 bits per heavy atom. The fourth-order valence-electron chi connectivity index (χ4n) is 1.66. The molecule has 1 aromatic carbocycles. The minimum atomic E-state index is -0.0213. The Labute approximate surface area is 116 Å². The highest BCUT2D eigenvalue weighted by Gasteiger charge is 2.13. The quantitative estimate of drug-likeness (QED) is 0.819. The molecule has 1 unspecified atom stereocenters. The van der Waals surface area contributed by atoms with E-state index in [9.17, 15) is 4.79 Å². The third-order valence-corrected chi connectivity index (χ3v) is 3.41. The predicted octanol–water partition coefficient (Wildman–Crippen LogP) is 3.94. The fourth-order valence-corrected chi connectivity index (χ4v) is 2.43. The van der Waals surface area contributed by atoms with E-state index >= 15 is 0 Å². The molecule has 94 valence electrons. The number of aryl methyl sites for hydroxylation is 1. The van der Waals surface area contributed by atoms with Crippen LogP contribution in [-0.4, -0.2) is 17.3 Å². The van der Waals surface area contributed by atoms with Gasteiger partial charge in [0.1, 0.15) is 0 Å². The van der Waals surface area contributed by atoms with Crippen molar-refractivity contribution in [3.05, 3.63) is 34.3 Å².